The number of rotatable bonds is 4. The molecule has 0 N–H and O–H groups in total. The Balaban J connectivity index is 1.53. The second-order valence-electron chi connectivity index (χ2n) is 7.00. The highest BCUT2D eigenvalue weighted by Crippen LogP contribution is 2.28. The first kappa shape index (κ1) is 17.3. The number of nitrogens with zero attached hydrogens (tertiary/aromatic N) is 4. The molecular formula is C24H20N4O. The first-order valence-corrected chi connectivity index (χ1v) is 9.42. The summed E-state index contributed by atoms with van der Waals surface area (Å²) in [5, 5.41) is 4.26. The van der Waals surface area contributed by atoms with Crippen molar-refractivity contribution in [3.63, 3.8) is 0 Å². The van der Waals surface area contributed by atoms with E-state index in [2.05, 4.69) is 69.2 Å². The molecule has 5 aromatic rings. The van der Waals surface area contributed by atoms with E-state index < -0.39 is 0 Å². The van der Waals surface area contributed by atoms with Crippen molar-refractivity contribution in [2.75, 3.05) is 7.11 Å². The number of imidazole rings is 1. The lowest BCUT2D eigenvalue weighted by Gasteiger charge is -2.09. The molecule has 3 aromatic carbocycles. The van der Waals surface area contributed by atoms with Crippen LogP contribution in [0.3, 0.4) is 0 Å². The van der Waals surface area contributed by atoms with Gasteiger partial charge in [0.2, 0.25) is 0 Å². The minimum atomic E-state index is 0.856. The normalized spacial score (nSPS) is 11.1. The van der Waals surface area contributed by atoms with Crippen molar-refractivity contribution in [2.45, 2.75) is 0 Å². The number of benzene rings is 3. The first-order valence-electron chi connectivity index (χ1n) is 9.42. The van der Waals surface area contributed by atoms with E-state index in [-0.39, 0.29) is 0 Å². The van der Waals surface area contributed by atoms with Gasteiger partial charge in [-0.3, -0.25) is 9.25 Å². The van der Waals surface area contributed by atoms with Crippen molar-refractivity contribution in [1.82, 2.24) is 19.3 Å². The maximum atomic E-state index is 5.26. The van der Waals surface area contributed by atoms with Crippen molar-refractivity contribution >= 4 is 11.0 Å². The van der Waals surface area contributed by atoms with Gasteiger partial charge in [0.1, 0.15) is 12.1 Å². The van der Waals surface area contributed by atoms with Gasteiger partial charge in [0.05, 0.1) is 24.3 Å². The molecule has 0 saturated carbocycles. The lowest BCUT2D eigenvalue weighted by Crippen LogP contribution is -1.92. The molecule has 0 amide bonds. The lowest BCUT2D eigenvalue weighted by atomic mass is 10.0. The Bertz CT molecular complexity index is 1300. The summed E-state index contributed by atoms with van der Waals surface area (Å²) in [4.78, 5) is 4.63. The third kappa shape index (κ3) is 3.17. The Morgan fingerprint density at radius 1 is 0.828 bits per heavy atom. The molecule has 0 saturated heterocycles. The van der Waals surface area contributed by atoms with Crippen LogP contribution in [0.1, 0.15) is 0 Å². The average Bonchev–Trinajstić information content (AvgIpc) is 3.39. The first-order chi connectivity index (χ1) is 14.2. The molecule has 0 spiro atoms. The molecule has 0 fully saturated rings. The molecule has 0 aliphatic heterocycles. The molecule has 5 rings (SSSR count). The Morgan fingerprint density at radius 2 is 1.62 bits per heavy atom. The molecule has 29 heavy (non-hydrogen) atoms. The summed E-state index contributed by atoms with van der Waals surface area (Å²) in [7, 11) is 3.60. The van der Waals surface area contributed by atoms with Crippen molar-refractivity contribution in [3.8, 4) is 33.7 Å². The minimum absolute atomic E-state index is 0.856. The van der Waals surface area contributed by atoms with E-state index in [1.54, 1.807) is 7.11 Å². The van der Waals surface area contributed by atoms with E-state index >= 15 is 0 Å². The van der Waals surface area contributed by atoms with Crippen LogP contribution < -0.4 is 4.74 Å². The third-order valence-corrected chi connectivity index (χ3v) is 5.13. The Morgan fingerprint density at radius 3 is 2.38 bits per heavy atom. The molecule has 2 aromatic heterocycles. The van der Waals surface area contributed by atoms with E-state index in [4.69, 9.17) is 4.74 Å². The van der Waals surface area contributed by atoms with Crippen molar-refractivity contribution in [2.24, 2.45) is 7.05 Å². The number of aromatic nitrogens is 4. The zero-order chi connectivity index (χ0) is 19.8. The molecule has 5 nitrogen and oxygen atoms in total. The van der Waals surface area contributed by atoms with Crippen LogP contribution in [0.25, 0.3) is 39.0 Å². The van der Waals surface area contributed by atoms with Crippen molar-refractivity contribution in [1.29, 1.82) is 0 Å². The summed E-state index contributed by atoms with van der Waals surface area (Å²) in [6, 6.07) is 22.9. The molecule has 142 valence electrons. The van der Waals surface area contributed by atoms with Gasteiger partial charge in [-0.15, -0.1) is 0 Å². The number of hydrogen-bond acceptors (Lipinski definition) is 3. The second kappa shape index (κ2) is 6.95. The Kier molecular flexibility index (Phi) is 4.13. The van der Waals surface area contributed by atoms with E-state index in [0.29, 0.717) is 0 Å². The predicted octanol–water partition coefficient (Wildman–Crippen LogP) is 5.10. The van der Waals surface area contributed by atoms with E-state index in [1.165, 1.54) is 0 Å². The maximum Gasteiger partial charge on any atom is 0.118 e. The monoisotopic (exact) mass is 380 g/mol. The summed E-state index contributed by atoms with van der Waals surface area (Å²) in [6.07, 6.45) is 5.76. The predicted molar refractivity (Wildman–Crippen MR) is 115 cm³/mol. The van der Waals surface area contributed by atoms with E-state index in [0.717, 1.165) is 44.7 Å². The maximum absolute atomic E-state index is 5.26. The molecular weight excluding hydrogens is 360 g/mol. The fraction of sp³-hybridized carbons (Fsp3) is 0.0833. The topological polar surface area (TPSA) is 44.9 Å². The smallest absolute Gasteiger partial charge is 0.118 e. The fourth-order valence-electron chi connectivity index (χ4n) is 3.59. The summed E-state index contributed by atoms with van der Waals surface area (Å²) in [5.41, 5.74) is 7.61. The molecule has 0 unspecified atom stereocenters. The van der Waals surface area contributed by atoms with E-state index in [9.17, 15) is 0 Å². The van der Waals surface area contributed by atoms with Gasteiger partial charge in [-0.05, 0) is 53.1 Å². The average molecular weight is 380 g/mol. The summed E-state index contributed by atoms with van der Waals surface area (Å²) < 4.78 is 9.19. The van der Waals surface area contributed by atoms with Crippen molar-refractivity contribution in [3.05, 3.63) is 85.5 Å². The Hall–Kier alpha value is -3.86. The van der Waals surface area contributed by atoms with Gasteiger partial charge >= 0.3 is 0 Å². The van der Waals surface area contributed by atoms with Gasteiger partial charge in [0.25, 0.3) is 0 Å². The van der Waals surface area contributed by atoms with Crippen LogP contribution in [0, 0.1) is 0 Å². The minimum Gasteiger partial charge on any atom is -0.497 e. The van der Waals surface area contributed by atoms with Gasteiger partial charge in [-0.25, -0.2) is 4.98 Å². The van der Waals surface area contributed by atoms with Gasteiger partial charge in [0, 0.05) is 24.5 Å². The van der Waals surface area contributed by atoms with Crippen LogP contribution in [0.2, 0.25) is 0 Å². The Labute approximate surface area is 168 Å². The van der Waals surface area contributed by atoms with Crippen LogP contribution in [-0.4, -0.2) is 26.4 Å². The number of ether oxygens (including phenoxy) is 1. The molecule has 0 aliphatic carbocycles. The van der Waals surface area contributed by atoms with Crippen LogP contribution in [0.5, 0.6) is 5.75 Å². The standard InChI is InChI=1S/C24H20N4O/c1-27-15-20(14-26-27)19-8-11-24-23(13-19)25-16-28(24)21-5-3-4-18(12-21)17-6-9-22(29-2)10-7-17/h3-16H,1-2H3. The molecule has 0 atom stereocenters. The van der Waals surface area contributed by atoms with E-state index in [1.807, 2.05) is 42.6 Å². The highest BCUT2D eigenvalue weighted by molar-refractivity contribution is 5.83. The quantitative estimate of drug-likeness (QED) is 0.436. The number of methoxy groups -OCH3 is 1. The van der Waals surface area contributed by atoms with Gasteiger partial charge in [-0.1, -0.05) is 30.3 Å². The van der Waals surface area contributed by atoms with Crippen LogP contribution >= 0.6 is 0 Å². The molecule has 5 heteroatoms. The zero-order valence-corrected chi connectivity index (χ0v) is 16.3. The van der Waals surface area contributed by atoms with Gasteiger partial charge in [-0.2, -0.15) is 5.10 Å². The van der Waals surface area contributed by atoms with Crippen LogP contribution in [-0.2, 0) is 7.05 Å². The summed E-state index contributed by atoms with van der Waals surface area (Å²) >= 11 is 0. The molecule has 2 heterocycles. The zero-order valence-electron chi connectivity index (χ0n) is 16.3. The van der Waals surface area contributed by atoms with Gasteiger partial charge < -0.3 is 4.74 Å². The molecule has 0 bridgehead atoms. The third-order valence-electron chi connectivity index (χ3n) is 5.13. The lowest BCUT2D eigenvalue weighted by molar-refractivity contribution is 0.415. The number of fused-ring (bicyclic) bond motifs is 1. The van der Waals surface area contributed by atoms with Gasteiger partial charge in [0.15, 0.2) is 0 Å². The van der Waals surface area contributed by atoms with Crippen LogP contribution in [0.4, 0.5) is 0 Å². The largest absolute Gasteiger partial charge is 0.497 e. The summed E-state index contributed by atoms with van der Waals surface area (Å²) in [5.74, 6) is 0.856. The van der Waals surface area contributed by atoms with Crippen LogP contribution in [0.15, 0.2) is 85.5 Å². The highest BCUT2D eigenvalue weighted by atomic mass is 16.5. The number of hydrogen-bond donors (Lipinski definition) is 0. The van der Waals surface area contributed by atoms with Crippen molar-refractivity contribution < 1.29 is 4.74 Å². The molecule has 0 aliphatic rings. The summed E-state index contributed by atoms with van der Waals surface area (Å²) in [6.45, 7) is 0. The molecule has 0 radical (unpaired) electrons. The number of aryl methyl sites for hydroxylation is 1. The SMILES string of the molecule is COc1ccc(-c2cccc(-n3cnc4cc(-c5cnn(C)c5)ccc43)c2)cc1. The fourth-order valence-corrected chi connectivity index (χ4v) is 3.59. The second-order valence-corrected chi connectivity index (χ2v) is 7.00. The highest BCUT2D eigenvalue weighted by Gasteiger charge is 2.09.